The summed E-state index contributed by atoms with van der Waals surface area (Å²) in [6, 6.07) is 13.3. The van der Waals surface area contributed by atoms with Crippen LogP contribution in [-0.2, 0) is 6.54 Å². The summed E-state index contributed by atoms with van der Waals surface area (Å²) in [5, 5.41) is 17.4. The van der Waals surface area contributed by atoms with Gasteiger partial charge in [0.2, 0.25) is 5.88 Å². The largest absolute Gasteiger partial charge is 0.474 e. The average molecular weight is 513 g/mol. The molecule has 0 bridgehead atoms. The van der Waals surface area contributed by atoms with Gasteiger partial charge in [-0.2, -0.15) is 4.98 Å². The standard InChI is InChI=1S/C28H32N8O2/c1-15-4-3-5-17-12-19(35-27(23(15)17)37-20-8-10-33-11-9-20)14-34-26(31)24(16(2)29)25(30)18-6-7-22-21(13-18)36-28(32)38-22/h3-7,12-13,20,30,33-34H,2,8-11,14,29,31H2,1H3,(H2,32,36)/b26-24-,30-25?. The first kappa shape index (κ1) is 25.1. The van der Waals surface area contributed by atoms with E-state index in [-0.39, 0.29) is 29.3 Å². The zero-order valence-corrected chi connectivity index (χ0v) is 21.3. The molecule has 10 heteroatoms. The molecule has 0 radical (unpaired) electrons. The summed E-state index contributed by atoms with van der Waals surface area (Å²) in [6.07, 6.45) is 1.98. The van der Waals surface area contributed by atoms with Gasteiger partial charge < -0.3 is 37.0 Å². The molecule has 4 aromatic rings. The fourth-order valence-electron chi connectivity index (χ4n) is 4.74. The summed E-state index contributed by atoms with van der Waals surface area (Å²) in [6.45, 7) is 8.07. The molecule has 1 fully saturated rings. The van der Waals surface area contributed by atoms with Crippen molar-refractivity contribution in [2.45, 2.75) is 32.4 Å². The number of allylic oxidation sites excluding steroid dienone is 1. The lowest BCUT2D eigenvalue weighted by Crippen LogP contribution is -2.34. The van der Waals surface area contributed by atoms with E-state index in [1.54, 1.807) is 18.2 Å². The molecule has 9 N–H and O–H groups in total. The van der Waals surface area contributed by atoms with Crippen molar-refractivity contribution in [3.8, 4) is 5.88 Å². The average Bonchev–Trinajstić information content (AvgIpc) is 3.27. The Balaban J connectivity index is 1.42. The van der Waals surface area contributed by atoms with Crippen molar-refractivity contribution < 1.29 is 9.15 Å². The first-order valence-electron chi connectivity index (χ1n) is 12.5. The zero-order chi connectivity index (χ0) is 26.8. The van der Waals surface area contributed by atoms with Crippen LogP contribution in [0.5, 0.6) is 5.88 Å². The third-order valence-corrected chi connectivity index (χ3v) is 6.64. The van der Waals surface area contributed by atoms with Crippen LogP contribution in [0, 0.1) is 12.3 Å². The SMILES string of the molecule is C=C(N)/C(C(=N)c1ccc2oc(N)nc2c1)=C(\N)NCc1cc2cccc(C)c2c(OC2CCNCC2)n1. The van der Waals surface area contributed by atoms with Crippen LogP contribution < -0.4 is 32.6 Å². The Morgan fingerprint density at radius 2 is 1.97 bits per heavy atom. The lowest BCUT2D eigenvalue weighted by molar-refractivity contribution is 0.158. The minimum absolute atomic E-state index is 0.0606. The van der Waals surface area contributed by atoms with Crippen LogP contribution in [0.1, 0.15) is 29.7 Å². The van der Waals surface area contributed by atoms with Gasteiger partial charge in [0, 0.05) is 16.6 Å². The smallest absolute Gasteiger partial charge is 0.292 e. The number of oxazole rings is 1. The molecule has 0 spiro atoms. The molecule has 0 unspecified atom stereocenters. The Hall–Kier alpha value is -4.57. The number of rotatable bonds is 8. The lowest BCUT2D eigenvalue weighted by Gasteiger charge is -2.24. The summed E-state index contributed by atoms with van der Waals surface area (Å²) in [5.74, 6) is 0.845. The van der Waals surface area contributed by atoms with Gasteiger partial charge in [-0.3, -0.25) is 5.41 Å². The highest BCUT2D eigenvalue weighted by Crippen LogP contribution is 2.30. The highest BCUT2D eigenvalue weighted by atomic mass is 16.5. The number of piperidine rings is 1. The Morgan fingerprint density at radius 1 is 1.18 bits per heavy atom. The lowest BCUT2D eigenvalue weighted by atomic mass is 10.00. The number of nitrogens with one attached hydrogen (secondary N) is 3. The Kier molecular flexibility index (Phi) is 6.89. The van der Waals surface area contributed by atoms with Crippen LogP contribution in [0.2, 0.25) is 0 Å². The number of fused-ring (bicyclic) bond motifs is 2. The number of aryl methyl sites for hydroxylation is 1. The molecule has 3 heterocycles. The van der Waals surface area contributed by atoms with E-state index in [2.05, 4.69) is 41.3 Å². The first-order valence-corrected chi connectivity index (χ1v) is 12.5. The van der Waals surface area contributed by atoms with E-state index in [9.17, 15) is 0 Å². The van der Waals surface area contributed by atoms with E-state index in [0.29, 0.717) is 34.7 Å². The van der Waals surface area contributed by atoms with E-state index in [4.69, 9.17) is 36.7 Å². The zero-order valence-electron chi connectivity index (χ0n) is 21.3. The first-order chi connectivity index (χ1) is 18.3. The number of hydrogen-bond donors (Lipinski definition) is 6. The molecule has 1 aliphatic rings. The van der Waals surface area contributed by atoms with Crippen LogP contribution in [0.25, 0.3) is 21.9 Å². The van der Waals surface area contributed by atoms with E-state index >= 15 is 0 Å². The topological polar surface area (TPSA) is 174 Å². The highest BCUT2D eigenvalue weighted by Gasteiger charge is 2.19. The Morgan fingerprint density at radius 3 is 2.74 bits per heavy atom. The molecule has 10 nitrogen and oxygen atoms in total. The number of anilines is 1. The van der Waals surface area contributed by atoms with Crippen LogP contribution in [0.3, 0.4) is 0 Å². The number of nitrogens with zero attached hydrogens (tertiary/aromatic N) is 2. The quantitative estimate of drug-likeness (QED) is 0.153. The van der Waals surface area contributed by atoms with Gasteiger partial charge in [-0.25, -0.2) is 4.98 Å². The number of nitrogen functional groups attached to an aromatic ring is 1. The molecule has 2 aromatic carbocycles. The van der Waals surface area contributed by atoms with Crippen molar-refractivity contribution >= 4 is 33.6 Å². The number of pyridine rings is 1. The van der Waals surface area contributed by atoms with E-state index in [1.807, 2.05) is 12.1 Å². The molecule has 1 saturated heterocycles. The van der Waals surface area contributed by atoms with Crippen molar-refractivity contribution in [3.05, 3.63) is 83.0 Å². The molecule has 1 aliphatic heterocycles. The number of hydrogen-bond acceptors (Lipinski definition) is 10. The third kappa shape index (κ3) is 5.12. The molecule has 2 aromatic heterocycles. The predicted molar refractivity (Wildman–Crippen MR) is 150 cm³/mol. The summed E-state index contributed by atoms with van der Waals surface area (Å²) in [7, 11) is 0. The predicted octanol–water partition coefficient (Wildman–Crippen LogP) is 3.20. The van der Waals surface area contributed by atoms with Crippen LogP contribution >= 0.6 is 0 Å². The van der Waals surface area contributed by atoms with E-state index in [1.165, 1.54) is 0 Å². The summed E-state index contributed by atoms with van der Waals surface area (Å²) >= 11 is 0. The molecule has 196 valence electrons. The molecule has 0 aliphatic carbocycles. The number of nitrogens with two attached hydrogens (primary N) is 3. The minimum atomic E-state index is 0.0606. The normalized spacial score (nSPS) is 14.9. The Bertz CT molecular complexity index is 1570. The summed E-state index contributed by atoms with van der Waals surface area (Å²) in [5.41, 5.74) is 22.2. The second-order valence-corrected chi connectivity index (χ2v) is 9.44. The molecule has 0 saturated carbocycles. The number of ether oxygens (including phenoxy) is 1. The number of aromatic nitrogens is 2. The molecule has 5 rings (SSSR count). The van der Waals surface area contributed by atoms with Crippen molar-refractivity contribution in [1.29, 1.82) is 5.41 Å². The highest BCUT2D eigenvalue weighted by molar-refractivity contribution is 6.14. The van der Waals surface area contributed by atoms with Gasteiger partial charge in [-0.15, -0.1) is 0 Å². The maximum absolute atomic E-state index is 8.77. The molecule has 0 amide bonds. The molecule has 38 heavy (non-hydrogen) atoms. The van der Waals surface area contributed by atoms with Gasteiger partial charge >= 0.3 is 0 Å². The fourth-order valence-corrected chi connectivity index (χ4v) is 4.74. The fraction of sp³-hybridized carbons (Fsp3) is 0.250. The van der Waals surface area contributed by atoms with Crippen LogP contribution in [0.4, 0.5) is 6.01 Å². The van der Waals surface area contributed by atoms with Crippen molar-refractivity contribution in [1.82, 2.24) is 20.6 Å². The van der Waals surface area contributed by atoms with E-state index in [0.717, 1.165) is 48.0 Å². The maximum atomic E-state index is 8.77. The minimum Gasteiger partial charge on any atom is -0.474 e. The van der Waals surface area contributed by atoms with Crippen molar-refractivity contribution in [3.63, 3.8) is 0 Å². The van der Waals surface area contributed by atoms with Gasteiger partial charge in [0.25, 0.3) is 6.01 Å². The van der Waals surface area contributed by atoms with Crippen LogP contribution in [-0.4, -0.2) is 34.9 Å². The van der Waals surface area contributed by atoms with Gasteiger partial charge in [0.1, 0.15) is 17.4 Å². The van der Waals surface area contributed by atoms with E-state index < -0.39 is 0 Å². The second-order valence-electron chi connectivity index (χ2n) is 9.44. The molecular formula is C28H32N8O2. The monoisotopic (exact) mass is 512 g/mol. The third-order valence-electron chi connectivity index (χ3n) is 6.64. The van der Waals surface area contributed by atoms with Gasteiger partial charge in [0.15, 0.2) is 5.58 Å². The molecular weight excluding hydrogens is 480 g/mol. The van der Waals surface area contributed by atoms with Crippen molar-refractivity contribution in [2.75, 3.05) is 18.8 Å². The second kappa shape index (κ2) is 10.4. The van der Waals surface area contributed by atoms with Crippen LogP contribution in [0.15, 0.2) is 70.6 Å². The Labute approximate surface area is 220 Å². The molecule has 0 atom stereocenters. The van der Waals surface area contributed by atoms with Gasteiger partial charge in [-0.1, -0.05) is 24.8 Å². The maximum Gasteiger partial charge on any atom is 0.292 e. The van der Waals surface area contributed by atoms with Gasteiger partial charge in [-0.05, 0) is 68.1 Å². The summed E-state index contributed by atoms with van der Waals surface area (Å²) in [4.78, 5) is 8.99. The van der Waals surface area contributed by atoms with Gasteiger partial charge in [0.05, 0.1) is 23.5 Å². The van der Waals surface area contributed by atoms with Crippen molar-refractivity contribution in [2.24, 2.45) is 11.5 Å². The number of benzene rings is 2. The summed E-state index contributed by atoms with van der Waals surface area (Å²) < 4.78 is 11.7.